The van der Waals surface area contributed by atoms with Crippen LogP contribution in [0.25, 0.3) is 0 Å². The molecule has 4 nitrogen and oxygen atoms in total. The number of carboxylic acid groups (broad SMARTS) is 1. The van der Waals surface area contributed by atoms with Crippen molar-refractivity contribution in [3.05, 3.63) is 23.8 Å². The van der Waals surface area contributed by atoms with Gasteiger partial charge in [0.2, 0.25) is 0 Å². The van der Waals surface area contributed by atoms with Crippen LogP contribution in [0.3, 0.4) is 0 Å². The Bertz CT molecular complexity index is 421. The van der Waals surface area contributed by atoms with Crippen LogP contribution >= 0.6 is 0 Å². The van der Waals surface area contributed by atoms with E-state index >= 15 is 0 Å². The lowest BCUT2D eigenvalue weighted by Gasteiger charge is -2.13. The Labute approximate surface area is 93.5 Å². The van der Waals surface area contributed by atoms with Crippen molar-refractivity contribution in [2.75, 3.05) is 6.61 Å². The Kier molecular flexibility index (Phi) is 2.50. The van der Waals surface area contributed by atoms with Gasteiger partial charge in [0.15, 0.2) is 11.5 Å². The highest BCUT2D eigenvalue weighted by Gasteiger charge is 2.51. The first kappa shape index (κ1) is 10.8. The number of rotatable bonds is 4. The van der Waals surface area contributed by atoms with Gasteiger partial charge < -0.3 is 14.9 Å². The summed E-state index contributed by atoms with van der Waals surface area (Å²) in [5.74, 6) is -0.403. The highest BCUT2D eigenvalue weighted by molar-refractivity contribution is 5.85. The van der Waals surface area contributed by atoms with Crippen molar-refractivity contribution in [2.45, 2.75) is 25.2 Å². The molecule has 2 N–H and O–H groups in total. The molecule has 4 heteroatoms. The number of carboxylic acids is 1. The van der Waals surface area contributed by atoms with Crippen molar-refractivity contribution in [1.29, 1.82) is 0 Å². The maximum atomic E-state index is 11.1. The van der Waals surface area contributed by atoms with Crippen LogP contribution in [0.2, 0.25) is 0 Å². The molecule has 1 fully saturated rings. The highest BCUT2D eigenvalue weighted by atomic mass is 16.5. The molecule has 0 bridgehead atoms. The zero-order valence-corrected chi connectivity index (χ0v) is 9.06. The van der Waals surface area contributed by atoms with Crippen molar-refractivity contribution in [3.8, 4) is 11.5 Å². The minimum atomic E-state index is -0.805. The van der Waals surface area contributed by atoms with Gasteiger partial charge in [0.1, 0.15) is 0 Å². The lowest BCUT2D eigenvalue weighted by molar-refractivity contribution is -0.140. The third-order valence-electron chi connectivity index (χ3n) is 2.97. The van der Waals surface area contributed by atoms with Crippen molar-refractivity contribution >= 4 is 5.97 Å². The first-order valence-corrected chi connectivity index (χ1v) is 5.30. The fourth-order valence-corrected chi connectivity index (χ4v) is 1.83. The summed E-state index contributed by atoms with van der Waals surface area (Å²) >= 11 is 0. The molecule has 0 amide bonds. The van der Waals surface area contributed by atoms with Crippen molar-refractivity contribution in [1.82, 2.24) is 0 Å². The van der Waals surface area contributed by atoms with Gasteiger partial charge in [-0.1, -0.05) is 6.07 Å². The fraction of sp³-hybridized carbons (Fsp3) is 0.417. The molecule has 0 aliphatic heterocycles. The molecule has 1 aliphatic rings. The summed E-state index contributed by atoms with van der Waals surface area (Å²) in [7, 11) is 0. The standard InChI is InChI=1S/C12H14O4/c1-2-16-10-7-8(3-4-9(10)13)12(5-6-12)11(14)15/h3-4,7,13H,2,5-6H2,1H3,(H,14,15). The minimum Gasteiger partial charge on any atom is -0.504 e. The average Bonchev–Trinajstić information content (AvgIpc) is 3.02. The molecule has 86 valence electrons. The van der Waals surface area contributed by atoms with Gasteiger partial charge in [-0.25, -0.2) is 0 Å². The summed E-state index contributed by atoms with van der Waals surface area (Å²) in [6.07, 6.45) is 1.30. The van der Waals surface area contributed by atoms with Crippen molar-refractivity contribution < 1.29 is 19.7 Å². The number of hydrogen-bond acceptors (Lipinski definition) is 3. The van der Waals surface area contributed by atoms with E-state index in [1.54, 1.807) is 12.1 Å². The van der Waals surface area contributed by atoms with Crippen molar-refractivity contribution in [3.63, 3.8) is 0 Å². The van der Waals surface area contributed by atoms with Gasteiger partial charge in [0.05, 0.1) is 12.0 Å². The van der Waals surface area contributed by atoms with E-state index in [9.17, 15) is 9.90 Å². The molecule has 2 rings (SSSR count). The first-order chi connectivity index (χ1) is 7.60. The zero-order chi connectivity index (χ0) is 11.8. The van der Waals surface area contributed by atoms with Crippen LogP contribution in [0.5, 0.6) is 11.5 Å². The average molecular weight is 222 g/mol. The van der Waals surface area contributed by atoms with Gasteiger partial charge in [-0.2, -0.15) is 0 Å². The monoisotopic (exact) mass is 222 g/mol. The summed E-state index contributed by atoms with van der Waals surface area (Å²) in [5.41, 5.74) is -0.0410. The summed E-state index contributed by atoms with van der Waals surface area (Å²) in [6.45, 7) is 2.26. The Balaban J connectivity index is 2.36. The Morgan fingerprint density at radius 2 is 2.19 bits per heavy atom. The fourth-order valence-electron chi connectivity index (χ4n) is 1.83. The topological polar surface area (TPSA) is 66.8 Å². The van der Waals surface area contributed by atoms with Crippen LogP contribution in [0.4, 0.5) is 0 Å². The molecule has 0 heterocycles. The molecule has 1 saturated carbocycles. The second kappa shape index (κ2) is 3.70. The molecule has 0 radical (unpaired) electrons. The summed E-state index contributed by atoms with van der Waals surface area (Å²) in [4.78, 5) is 11.1. The van der Waals surface area contributed by atoms with Crippen LogP contribution in [-0.4, -0.2) is 22.8 Å². The number of ether oxygens (including phenoxy) is 1. The molecule has 1 aromatic carbocycles. The molecule has 0 unspecified atom stereocenters. The van der Waals surface area contributed by atoms with E-state index in [1.807, 2.05) is 6.92 Å². The Hall–Kier alpha value is -1.71. The van der Waals surface area contributed by atoms with Crippen LogP contribution < -0.4 is 4.74 Å². The smallest absolute Gasteiger partial charge is 0.314 e. The van der Waals surface area contributed by atoms with E-state index in [1.165, 1.54) is 6.07 Å². The maximum Gasteiger partial charge on any atom is 0.314 e. The van der Waals surface area contributed by atoms with Crippen LogP contribution in [-0.2, 0) is 10.2 Å². The van der Waals surface area contributed by atoms with E-state index in [2.05, 4.69) is 0 Å². The van der Waals surface area contributed by atoms with E-state index in [0.29, 0.717) is 30.8 Å². The molecule has 0 atom stereocenters. The lowest BCUT2D eigenvalue weighted by atomic mass is 9.96. The summed E-state index contributed by atoms with van der Waals surface area (Å²) in [6, 6.07) is 4.77. The molecule has 0 aromatic heterocycles. The predicted octanol–water partition coefficient (Wildman–Crippen LogP) is 1.91. The third-order valence-corrected chi connectivity index (χ3v) is 2.97. The molecular weight excluding hydrogens is 208 g/mol. The summed E-state index contributed by atoms with van der Waals surface area (Å²) < 4.78 is 5.24. The van der Waals surface area contributed by atoms with Gasteiger partial charge in [-0.15, -0.1) is 0 Å². The third kappa shape index (κ3) is 1.60. The van der Waals surface area contributed by atoms with E-state index < -0.39 is 11.4 Å². The highest BCUT2D eigenvalue weighted by Crippen LogP contribution is 2.49. The van der Waals surface area contributed by atoms with Crippen LogP contribution in [0, 0.1) is 0 Å². The number of phenols is 1. The molecule has 0 saturated heterocycles. The van der Waals surface area contributed by atoms with Crippen molar-refractivity contribution in [2.24, 2.45) is 0 Å². The SMILES string of the molecule is CCOc1cc(C2(C(=O)O)CC2)ccc1O. The van der Waals surface area contributed by atoms with Crippen LogP contribution in [0.15, 0.2) is 18.2 Å². The molecule has 0 spiro atoms. The number of aliphatic carboxylic acids is 1. The largest absolute Gasteiger partial charge is 0.504 e. The number of aromatic hydroxyl groups is 1. The molecule has 1 aromatic rings. The predicted molar refractivity (Wildman–Crippen MR) is 57.8 cm³/mol. The van der Waals surface area contributed by atoms with Gasteiger partial charge >= 0.3 is 5.97 Å². The zero-order valence-electron chi connectivity index (χ0n) is 9.06. The Morgan fingerprint density at radius 1 is 1.50 bits per heavy atom. The van der Waals surface area contributed by atoms with E-state index in [0.717, 1.165) is 0 Å². The number of phenolic OH excluding ortho intramolecular Hbond substituents is 1. The quantitative estimate of drug-likeness (QED) is 0.816. The molecule has 16 heavy (non-hydrogen) atoms. The van der Waals surface area contributed by atoms with Crippen LogP contribution in [0.1, 0.15) is 25.3 Å². The number of carbonyl (C=O) groups is 1. The second-order valence-electron chi connectivity index (χ2n) is 4.00. The first-order valence-electron chi connectivity index (χ1n) is 5.30. The second-order valence-corrected chi connectivity index (χ2v) is 4.00. The number of benzene rings is 1. The van der Waals surface area contributed by atoms with Gasteiger partial charge in [-0.05, 0) is 37.5 Å². The molecular formula is C12H14O4. The van der Waals surface area contributed by atoms with Gasteiger partial charge in [-0.3, -0.25) is 4.79 Å². The Morgan fingerprint density at radius 3 is 2.69 bits per heavy atom. The normalized spacial score (nSPS) is 16.8. The van der Waals surface area contributed by atoms with E-state index in [-0.39, 0.29) is 5.75 Å². The molecule has 1 aliphatic carbocycles. The minimum absolute atomic E-state index is 0.0480. The summed E-state index contributed by atoms with van der Waals surface area (Å²) in [5, 5.41) is 18.7. The van der Waals surface area contributed by atoms with Gasteiger partial charge in [0.25, 0.3) is 0 Å². The lowest BCUT2D eigenvalue weighted by Crippen LogP contribution is -2.19. The number of hydrogen-bond donors (Lipinski definition) is 2. The maximum absolute atomic E-state index is 11.1. The van der Waals surface area contributed by atoms with E-state index in [4.69, 9.17) is 9.84 Å². The van der Waals surface area contributed by atoms with Gasteiger partial charge in [0, 0.05) is 0 Å².